The van der Waals surface area contributed by atoms with Gasteiger partial charge in [0.15, 0.2) is 34.3 Å². The highest BCUT2D eigenvalue weighted by Crippen LogP contribution is 2.42. The molecule has 12 rings (SSSR count). The lowest BCUT2D eigenvalue weighted by Gasteiger charge is -2.40. The van der Waals surface area contributed by atoms with E-state index < -0.39 is 45.3 Å². The fraction of sp³-hybridized carbons (Fsp3) is 0.246. The summed E-state index contributed by atoms with van der Waals surface area (Å²) in [5.74, 6) is -3.42. The maximum absolute atomic E-state index is 13.0. The second-order valence-electron chi connectivity index (χ2n) is 21.5. The lowest BCUT2D eigenvalue weighted by atomic mass is 9.83. The van der Waals surface area contributed by atoms with E-state index in [-0.39, 0.29) is 71.0 Å². The van der Waals surface area contributed by atoms with Crippen molar-refractivity contribution in [1.29, 1.82) is 0 Å². The first-order chi connectivity index (χ1) is 41.0. The van der Waals surface area contributed by atoms with E-state index in [0.29, 0.717) is 19.6 Å². The van der Waals surface area contributed by atoms with Crippen molar-refractivity contribution in [3.63, 3.8) is 0 Å². The molecule has 0 saturated heterocycles. The molecule has 85 heavy (non-hydrogen) atoms. The van der Waals surface area contributed by atoms with Gasteiger partial charge in [-0.05, 0) is 74.2 Å². The molecule has 3 N–H and O–H groups in total. The number of hydrogen-bond acceptors (Lipinski definition) is 14. The van der Waals surface area contributed by atoms with Gasteiger partial charge in [-0.25, -0.2) is 0 Å². The normalized spacial score (nSPS) is 17.0. The van der Waals surface area contributed by atoms with E-state index >= 15 is 0 Å². The van der Waals surface area contributed by atoms with Gasteiger partial charge in [-0.1, -0.05) is 133 Å². The van der Waals surface area contributed by atoms with Gasteiger partial charge in [-0.2, -0.15) is 15.3 Å². The number of amides is 3. The van der Waals surface area contributed by atoms with Crippen LogP contribution < -0.4 is 16.3 Å². The smallest absolute Gasteiger partial charge is 0.276 e. The Morgan fingerprint density at radius 1 is 0.388 bits per heavy atom. The maximum Gasteiger partial charge on any atom is 0.276 e. The van der Waals surface area contributed by atoms with Gasteiger partial charge in [0.1, 0.15) is 0 Å². The first-order valence-electron chi connectivity index (χ1n) is 27.9. The molecule has 3 amide bonds. The number of carbonyl (C=O) groups is 3. The number of pyridine rings is 2. The average Bonchev–Trinajstić information content (AvgIpc) is 1.26. The van der Waals surface area contributed by atoms with Gasteiger partial charge in [0.05, 0.1) is 59.9 Å². The summed E-state index contributed by atoms with van der Waals surface area (Å²) in [5.41, 5.74) is 3.65. The van der Waals surface area contributed by atoms with Crippen LogP contribution in [-0.4, -0.2) is 126 Å². The highest BCUT2D eigenvalue weighted by Gasteiger charge is 2.43. The summed E-state index contributed by atoms with van der Waals surface area (Å²) in [6, 6.07) is 50.0. The lowest BCUT2D eigenvalue weighted by Crippen LogP contribution is -2.49. The van der Waals surface area contributed by atoms with Crippen molar-refractivity contribution < 1.29 is 29.7 Å². The zero-order valence-electron chi connectivity index (χ0n) is 47.3. The number of aromatic hydroxyl groups is 3. The number of rotatable bonds is 11. The van der Waals surface area contributed by atoms with Crippen LogP contribution in [0.2, 0.25) is 0 Å². The third kappa shape index (κ3) is 11.6. The Morgan fingerprint density at radius 2 is 0.682 bits per heavy atom. The highest BCUT2D eigenvalue weighted by molar-refractivity contribution is 5.97. The minimum Gasteiger partial charge on any atom is -0.502 e. The molecule has 5 aromatic heterocycles. The SMILES string of the molecule is CC(C)N1CC(C(c2ccccc2)c2ccccc2)n2ncc(=O)c(O)c2C1=O.CC(C)N1CC(C(c2ccccc2)c2ccccn2)n2ncc(=O)c(O)c2C1=O.CN1CC(C(c2ccccc2)c2ccccn2)n2ncc(=O)c(O)c2C1=O. The molecule has 9 aromatic rings. The van der Waals surface area contributed by atoms with E-state index in [2.05, 4.69) is 49.5 Å². The number of likely N-dealkylation sites (N-methyl/N-ethyl adjacent to an activating group) is 1. The molecular weight excluding hydrogens is 1080 g/mol. The number of aromatic nitrogens is 8. The molecule has 20 heteroatoms. The molecule has 3 aliphatic heterocycles. The Morgan fingerprint density at radius 3 is 1.00 bits per heavy atom. The van der Waals surface area contributed by atoms with Crippen LogP contribution in [0.5, 0.6) is 17.2 Å². The quantitative estimate of drug-likeness (QED) is 0.113. The number of fused-ring (bicyclic) bond motifs is 3. The Labute approximate surface area is 489 Å². The lowest BCUT2D eigenvalue weighted by molar-refractivity contribution is 0.0561. The molecule has 432 valence electrons. The van der Waals surface area contributed by atoms with Crippen molar-refractivity contribution in [3.05, 3.63) is 270 Å². The fourth-order valence-corrected chi connectivity index (χ4v) is 11.6. The molecule has 4 aromatic carbocycles. The van der Waals surface area contributed by atoms with Crippen molar-refractivity contribution in [2.75, 3.05) is 26.7 Å². The molecule has 0 spiro atoms. The van der Waals surface area contributed by atoms with Crippen LogP contribution in [0.1, 0.15) is 129 Å². The average molecular weight is 1140 g/mol. The van der Waals surface area contributed by atoms with Gasteiger partial charge in [0.2, 0.25) is 16.3 Å². The van der Waals surface area contributed by atoms with E-state index in [1.54, 1.807) is 29.2 Å². The van der Waals surface area contributed by atoms with Gasteiger partial charge in [-0.3, -0.25) is 52.8 Å². The van der Waals surface area contributed by atoms with Gasteiger partial charge in [-0.15, -0.1) is 0 Å². The van der Waals surface area contributed by atoms with Gasteiger partial charge >= 0.3 is 0 Å². The van der Waals surface area contributed by atoms with Gasteiger partial charge in [0.25, 0.3) is 17.7 Å². The van der Waals surface area contributed by atoms with Gasteiger partial charge < -0.3 is 30.0 Å². The van der Waals surface area contributed by atoms with Crippen LogP contribution in [0.15, 0.2) is 203 Å². The molecular formula is C65H63N11O9. The van der Waals surface area contributed by atoms with Crippen LogP contribution in [-0.2, 0) is 0 Å². The fourth-order valence-electron chi connectivity index (χ4n) is 11.6. The summed E-state index contributed by atoms with van der Waals surface area (Å²) in [4.78, 5) is 88.5. The third-order valence-corrected chi connectivity index (χ3v) is 15.7. The third-order valence-electron chi connectivity index (χ3n) is 15.7. The summed E-state index contributed by atoms with van der Waals surface area (Å²) < 4.78 is 4.48. The number of nitrogens with zero attached hydrogens (tertiary/aromatic N) is 11. The largest absolute Gasteiger partial charge is 0.502 e. The minimum atomic E-state index is -0.669. The minimum absolute atomic E-state index is 0.0423. The summed E-state index contributed by atoms with van der Waals surface area (Å²) in [5, 5.41) is 43.8. The number of benzene rings is 4. The van der Waals surface area contributed by atoms with Gasteiger partial charge in [0, 0.05) is 57.1 Å². The molecule has 0 bridgehead atoms. The van der Waals surface area contributed by atoms with E-state index in [1.165, 1.54) is 18.9 Å². The molecule has 0 saturated carbocycles. The molecule has 20 nitrogen and oxygen atoms in total. The summed E-state index contributed by atoms with van der Waals surface area (Å²) in [6.07, 6.45) is 6.64. The van der Waals surface area contributed by atoms with Crippen LogP contribution in [0, 0.1) is 0 Å². The number of hydrogen-bond donors (Lipinski definition) is 3. The zero-order valence-corrected chi connectivity index (χ0v) is 47.3. The zero-order chi connectivity index (χ0) is 60.1. The van der Waals surface area contributed by atoms with Crippen LogP contribution in [0.25, 0.3) is 0 Å². The Hall–Kier alpha value is -10.4. The first-order valence-corrected chi connectivity index (χ1v) is 27.9. The van der Waals surface area contributed by atoms with Crippen LogP contribution in [0.3, 0.4) is 0 Å². The monoisotopic (exact) mass is 1140 g/mol. The van der Waals surface area contributed by atoms with E-state index in [0.717, 1.165) is 52.2 Å². The van der Waals surface area contributed by atoms with Crippen molar-refractivity contribution in [3.8, 4) is 17.2 Å². The summed E-state index contributed by atoms with van der Waals surface area (Å²) in [7, 11) is 1.65. The van der Waals surface area contributed by atoms with Crippen molar-refractivity contribution in [2.45, 2.75) is 75.7 Å². The predicted octanol–water partition coefficient (Wildman–Crippen LogP) is 7.57. The van der Waals surface area contributed by atoms with Crippen LogP contribution >= 0.6 is 0 Å². The van der Waals surface area contributed by atoms with E-state index in [4.69, 9.17) is 0 Å². The maximum atomic E-state index is 13.0. The Kier molecular flexibility index (Phi) is 17.0. The molecule has 5 unspecified atom stereocenters. The first kappa shape index (κ1) is 57.8. The summed E-state index contributed by atoms with van der Waals surface area (Å²) in [6.45, 7) is 8.86. The Bertz CT molecular complexity index is 3730. The second kappa shape index (κ2) is 25.0. The molecule has 0 aliphatic carbocycles. The van der Waals surface area contributed by atoms with Crippen LogP contribution in [0.4, 0.5) is 0 Å². The van der Waals surface area contributed by atoms with Crippen molar-refractivity contribution in [2.24, 2.45) is 0 Å². The van der Waals surface area contributed by atoms with Crippen molar-refractivity contribution in [1.82, 2.24) is 54.0 Å². The van der Waals surface area contributed by atoms with Crippen molar-refractivity contribution >= 4 is 17.7 Å². The Balaban J connectivity index is 0.000000142. The second-order valence-corrected chi connectivity index (χ2v) is 21.5. The van der Waals surface area contributed by atoms with E-state index in [9.17, 15) is 44.1 Å². The molecule has 3 aliphatic rings. The molecule has 8 heterocycles. The topological polar surface area (TPSA) is 252 Å². The molecule has 5 atom stereocenters. The standard InChI is InChI=1S/C23H23N3O3.C22H22N4O3.C20H18N4O3/c1-15(2)25-14-18(26-21(23(25)29)22(28)19(27)13-24-26)20(16-9-5-3-6-10-16)17-11-7-4-8-12-17;1-14(2)25-13-17(26-20(22(25)29)21(28)18(27)12-24-26)19(15-8-4-3-5-9-15)16-10-6-7-11-23-16;1-23-12-15(24-18(20(23)27)19(26)16(25)11-22-24)17(13-7-3-2-4-8-13)14-9-5-6-10-21-14/h3-13,15,18,20,28H,14H2,1-2H3;3-12,14,17,19,28H,13H2,1-2H3;2-11,15,17,26H,12H2,1H3. The number of carbonyl (C=O) groups excluding carboxylic acids is 3. The predicted molar refractivity (Wildman–Crippen MR) is 317 cm³/mol. The highest BCUT2D eigenvalue weighted by atomic mass is 16.3. The molecule has 0 fully saturated rings. The molecule has 0 radical (unpaired) electrons. The summed E-state index contributed by atoms with van der Waals surface area (Å²) >= 11 is 0. The van der Waals surface area contributed by atoms with E-state index in [1.807, 2.05) is 161 Å².